The van der Waals surface area contributed by atoms with Crippen molar-refractivity contribution in [3.63, 3.8) is 0 Å². The highest BCUT2D eigenvalue weighted by molar-refractivity contribution is 7.85. The van der Waals surface area contributed by atoms with Crippen LogP contribution in [0.15, 0.2) is 5.38 Å². The number of nitrogens with zero attached hydrogens (tertiary/aromatic N) is 2. The van der Waals surface area contributed by atoms with Crippen molar-refractivity contribution >= 4 is 27.3 Å². The second-order valence-electron chi connectivity index (χ2n) is 4.57. The summed E-state index contributed by atoms with van der Waals surface area (Å²) in [7, 11) is -0.618. The van der Waals surface area contributed by atoms with Gasteiger partial charge in [-0.25, -0.2) is 4.98 Å². The standard InChI is InChI=1S/C12H21N3OS2/c1-3-4-13-10(2)11-9-17-12(14-11)15-5-7-18(16)8-6-15/h9-10,13H,3-8H2,1-2H3. The molecule has 1 aliphatic rings. The van der Waals surface area contributed by atoms with Crippen molar-refractivity contribution in [2.45, 2.75) is 26.3 Å². The van der Waals surface area contributed by atoms with E-state index >= 15 is 0 Å². The third-order valence-corrected chi connectivity index (χ3v) is 5.30. The quantitative estimate of drug-likeness (QED) is 0.896. The van der Waals surface area contributed by atoms with Crippen LogP contribution in [-0.4, -0.2) is 40.3 Å². The average Bonchev–Trinajstić information content (AvgIpc) is 2.86. The second kappa shape index (κ2) is 6.63. The van der Waals surface area contributed by atoms with Crippen molar-refractivity contribution in [3.8, 4) is 0 Å². The Morgan fingerprint density at radius 3 is 2.94 bits per heavy atom. The smallest absolute Gasteiger partial charge is 0.185 e. The Kier molecular flexibility index (Phi) is 5.14. The number of hydrogen-bond acceptors (Lipinski definition) is 5. The van der Waals surface area contributed by atoms with Gasteiger partial charge < -0.3 is 10.2 Å². The molecule has 0 radical (unpaired) electrons. The van der Waals surface area contributed by atoms with Gasteiger partial charge in [0.1, 0.15) is 0 Å². The molecule has 0 aliphatic carbocycles. The molecule has 1 unspecified atom stereocenters. The van der Waals surface area contributed by atoms with E-state index in [-0.39, 0.29) is 0 Å². The highest BCUT2D eigenvalue weighted by Gasteiger charge is 2.19. The van der Waals surface area contributed by atoms with Crippen LogP contribution in [0.3, 0.4) is 0 Å². The van der Waals surface area contributed by atoms with Crippen LogP contribution >= 0.6 is 11.3 Å². The molecule has 1 aromatic heterocycles. The molecule has 0 spiro atoms. The molecule has 4 nitrogen and oxygen atoms in total. The summed E-state index contributed by atoms with van der Waals surface area (Å²) in [6.45, 7) is 7.09. The van der Waals surface area contributed by atoms with Crippen molar-refractivity contribution in [1.29, 1.82) is 0 Å². The summed E-state index contributed by atoms with van der Waals surface area (Å²) in [6, 6.07) is 0.314. The van der Waals surface area contributed by atoms with Crippen LogP contribution < -0.4 is 10.2 Å². The summed E-state index contributed by atoms with van der Waals surface area (Å²) in [5.41, 5.74) is 1.12. The Hall–Kier alpha value is -0.460. The molecule has 18 heavy (non-hydrogen) atoms. The number of rotatable bonds is 5. The lowest BCUT2D eigenvalue weighted by molar-refractivity contribution is 0.560. The Morgan fingerprint density at radius 1 is 1.56 bits per heavy atom. The maximum atomic E-state index is 11.3. The number of hydrogen-bond donors (Lipinski definition) is 1. The predicted molar refractivity (Wildman–Crippen MR) is 78.9 cm³/mol. The molecule has 2 rings (SSSR count). The lowest BCUT2D eigenvalue weighted by Gasteiger charge is -2.25. The molecular weight excluding hydrogens is 266 g/mol. The minimum atomic E-state index is -0.618. The van der Waals surface area contributed by atoms with E-state index in [4.69, 9.17) is 4.98 Å². The van der Waals surface area contributed by atoms with Gasteiger partial charge in [0.2, 0.25) is 0 Å². The molecule has 0 aromatic carbocycles. The molecule has 1 fully saturated rings. The zero-order chi connectivity index (χ0) is 13.0. The Morgan fingerprint density at radius 2 is 2.28 bits per heavy atom. The summed E-state index contributed by atoms with van der Waals surface area (Å²) >= 11 is 1.69. The van der Waals surface area contributed by atoms with Gasteiger partial charge in [-0.2, -0.15) is 0 Å². The summed E-state index contributed by atoms with van der Waals surface area (Å²) < 4.78 is 11.3. The fourth-order valence-electron chi connectivity index (χ4n) is 1.91. The van der Waals surface area contributed by atoms with E-state index in [9.17, 15) is 4.21 Å². The van der Waals surface area contributed by atoms with Gasteiger partial charge in [-0.1, -0.05) is 6.92 Å². The van der Waals surface area contributed by atoms with Crippen LogP contribution in [0.2, 0.25) is 0 Å². The molecule has 0 saturated carbocycles. The number of aromatic nitrogens is 1. The van der Waals surface area contributed by atoms with Gasteiger partial charge in [0.15, 0.2) is 5.13 Å². The van der Waals surface area contributed by atoms with Gasteiger partial charge in [0.05, 0.1) is 5.69 Å². The van der Waals surface area contributed by atoms with Gasteiger partial charge in [-0.05, 0) is 19.9 Å². The third-order valence-electron chi connectivity index (χ3n) is 3.10. The SMILES string of the molecule is CCCNC(C)c1csc(N2CCS(=O)CC2)n1. The third kappa shape index (κ3) is 3.52. The van der Waals surface area contributed by atoms with E-state index in [2.05, 4.69) is 29.4 Å². The Labute approximate surface area is 115 Å². The molecular formula is C12H21N3OS2. The Bertz CT molecular complexity index is 398. The van der Waals surface area contributed by atoms with Crippen LogP contribution in [-0.2, 0) is 10.8 Å². The van der Waals surface area contributed by atoms with Gasteiger partial charge >= 0.3 is 0 Å². The molecule has 1 N–H and O–H groups in total. The average molecular weight is 287 g/mol. The van der Waals surface area contributed by atoms with Crippen molar-refractivity contribution in [2.75, 3.05) is 36.0 Å². The summed E-state index contributed by atoms with van der Waals surface area (Å²) in [5, 5.41) is 6.66. The topological polar surface area (TPSA) is 45.2 Å². The second-order valence-corrected chi connectivity index (χ2v) is 7.10. The molecule has 6 heteroatoms. The van der Waals surface area contributed by atoms with Crippen molar-refractivity contribution in [2.24, 2.45) is 0 Å². The van der Waals surface area contributed by atoms with E-state index in [0.29, 0.717) is 6.04 Å². The minimum Gasteiger partial charge on any atom is -0.346 e. The molecule has 1 atom stereocenters. The summed E-state index contributed by atoms with van der Waals surface area (Å²) in [5.74, 6) is 1.55. The number of nitrogens with one attached hydrogen (secondary N) is 1. The highest BCUT2D eigenvalue weighted by atomic mass is 32.2. The van der Waals surface area contributed by atoms with E-state index in [1.54, 1.807) is 11.3 Å². The Balaban J connectivity index is 1.95. The molecule has 1 saturated heterocycles. The maximum absolute atomic E-state index is 11.3. The molecule has 0 amide bonds. The van der Waals surface area contributed by atoms with Crippen LogP contribution in [0.25, 0.3) is 0 Å². The number of thiazole rings is 1. The van der Waals surface area contributed by atoms with Gasteiger partial charge in [0.25, 0.3) is 0 Å². The van der Waals surface area contributed by atoms with E-state index in [0.717, 1.165) is 48.4 Å². The summed E-state index contributed by atoms with van der Waals surface area (Å²) in [4.78, 5) is 6.95. The minimum absolute atomic E-state index is 0.314. The van der Waals surface area contributed by atoms with Crippen LogP contribution in [0, 0.1) is 0 Å². The first-order valence-electron chi connectivity index (χ1n) is 6.49. The molecule has 2 heterocycles. The zero-order valence-corrected chi connectivity index (χ0v) is 12.6. The van der Waals surface area contributed by atoms with Gasteiger partial charge in [-0.15, -0.1) is 11.3 Å². The molecule has 1 aliphatic heterocycles. The first-order chi connectivity index (χ1) is 8.70. The molecule has 102 valence electrons. The fourth-order valence-corrected chi connectivity index (χ4v) is 3.94. The summed E-state index contributed by atoms with van der Waals surface area (Å²) in [6.07, 6.45) is 1.14. The maximum Gasteiger partial charge on any atom is 0.185 e. The first kappa shape index (κ1) is 14.0. The van der Waals surface area contributed by atoms with Crippen molar-refractivity contribution in [1.82, 2.24) is 10.3 Å². The van der Waals surface area contributed by atoms with E-state index in [1.165, 1.54) is 0 Å². The fraction of sp³-hybridized carbons (Fsp3) is 0.750. The zero-order valence-electron chi connectivity index (χ0n) is 11.0. The number of anilines is 1. The van der Waals surface area contributed by atoms with Gasteiger partial charge in [0, 0.05) is 46.8 Å². The highest BCUT2D eigenvalue weighted by Crippen LogP contribution is 2.24. The van der Waals surface area contributed by atoms with E-state index < -0.39 is 10.8 Å². The van der Waals surface area contributed by atoms with Gasteiger partial charge in [-0.3, -0.25) is 4.21 Å². The molecule has 0 bridgehead atoms. The normalized spacial score (nSPS) is 19.1. The largest absolute Gasteiger partial charge is 0.346 e. The van der Waals surface area contributed by atoms with Crippen molar-refractivity contribution < 1.29 is 4.21 Å². The van der Waals surface area contributed by atoms with Crippen LogP contribution in [0.4, 0.5) is 5.13 Å². The van der Waals surface area contributed by atoms with Crippen LogP contribution in [0.1, 0.15) is 32.0 Å². The van der Waals surface area contributed by atoms with Crippen LogP contribution in [0.5, 0.6) is 0 Å². The van der Waals surface area contributed by atoms with E-state index in [1.807, 2.05) is 0 Å². The molecule has 1 aromatic rings. The monoisotopic (exact) mass is 287 g/mol. The lowest BCUT2D eigenvalue weighted by atomic mass is 10.2. The lowest BCUT2D eigenvalue weighted by Crippen LogP contribution is -2.37. The van der Waals surface area contributed by atoms with Crippen molar-refractivity contribution in [3.05, 3.63) is 11.1 Å². The predicted octanol–water partition coefficient (Wildman–Crippen LogP) is 1.77. The first-order valence-corrected chi connectivity index (χ1v) is 8.86.